The first kappa shape index (κ1) is 24.6. The molecule has 5 aromatic rings. The highest BCUT2D eigenvalue weighted by Crippen LogP contribution is 2.45. The smallest absolute Gasteiger partial charge is 0.294 e. The van der Waals surface area contributed by atoms with Gasteiger partial charge < -0.3 is 19.4 Å². The Morgan fingerprint density at radius 3 is 2.59 bits per heavy atom. The lowest BCUT2D eigenvalue weighted by Crippen LogP contribution is -2.31. The van der Waals surface area contributed by atoms with Gasteiger partial charge in [0.05, 0.1) is 23.9 Å². The number of fused-ring (bicyclic) bond motifs is 2. The van der Waals surface area contributed by atoms with Crippen molar-refractivity contribution in [3.8, 4) is 11.5 Å². The van der Waals surface area contributed by atoms with Gasteiger partial charge in [0.2, 0.25) is 5.78 Å². The van der Waals surface area contributed by atoms with Gasteiger partial charge >= 0.3 is 0 Å². The summed E-state index contributed by atoms with van der Waals surface area (Å²) in [5.74, 6) is -2.00. The monoisotopic (exact) mass is 539 g/mol. The predicted molar refractivity (Wildman–Crippen MR) is 149 cm³/mol. The lowest BCUT2D eigenvalue weighted by molar-refractivity contribution is -0.117. The van der Waals surface area contributed by atoms with Crippen molar-refractivity contribution in [2.24, 2.45) is 0 Å². The van der Waals surface area contributed by atoms with Gasteiger partial charge in [0.25, 0.3) is 5.91 Å². The number of amides is 1. The standard InChI is InChI=1S/C31H22ClNO6/c1-2-38-25-15-18(10-12-23(25)34)28-27(29(35)26-16-19-14-20(32)11-13-24(19)39-26)30(36)31(37)33(28)22-9-5-7-17-6-3-4-8-21(17)22/h3-16,28,34,36H,2H2,1H3. The van der Waals surface area contributed by atoms with Gasteiger partial charge in [-0.2, -0.15) is 0 Å². The Morgan fingerprint density at radius 1 is 0.974 bits per heavy atom. The Hall–Kier alpha value is -4.75. The van der Waals surface area contributed by atoms with E-state index in [0.717, 1.165) is 10.8 Å². The van der Waals surface area contributed by atoms with Gasteiger partial charge in [0, 0.05) is 15.8 Å². The zero-order chi connectivity index (χ0) is 27.3. The molecule has 0 fully saturated rings. The molecule has 1 aliphatic rings. The molecule has 0 saturated carbocycles. The number of carbonyl (C=O) groups is 2. The minimum atomic E-state index is -1.03. The number of aromatic hydroxyl groups is 1. The lowest BCUT2D eigenvalue weighted by Gasteiger charge is -2.28. The number of ketones is 1. The average molecular weight is 540 g/mol. The number of aliphatic hydroxyl groups is 1. The van der Waals surface area contributed by atoms with E-state index >= 15 is 0 Å². The number of phenols is 1. The van der Waals surface area contributed by atoms with Crippen molar-refractivity contribution >= 4 is 50.7 Å². The molecule has 0 radical (unpaired) electrons. The van der Waals surface area contributed by atoms with Crippen LogP contribution in [-0.2, 0) is 4.79 Å². The van der Waals surface area contributed by atoms with Crippen LogP contribution in [0.15, 0.2) is 101 Å². The zero-order valence-corrected chi connectivity index (χ0v) is 21.5. The molecule has 7 nitrogen and oxygen atoms in total. The summed E-state index contributed by atoms with van der Waals surface area (Å²) in [6.07, 6.45) is 0. The Bertz CT molecular complexity index is 1820. The Balaban J connectivity index is 1.56. The molecular weight excluding hydrogens is 518 g/mol. The van der Waals surface area contributed by atoms with Gasteiger partial charge in [-0.3, -0.25) is 14.5 Å². The third-order valence-corrected chi connectivity index (χ3v) is 7.02. The number of aliphatic hydroxyl groups excluding tert-OH is 1. The van der Waals surface area contributed by atoms with E-state index in [1.807, 2.05) is 36.4 Å². The summed E-state index contributed by atoms with van der Waals surface area (Å²) in [5.41, 5.74) is 1.27. The van der Waals surface area contributed by atoms with Crippen molar-refractivity contribution in [1.29, 1.82) is 0 Å². The van der Waals surface area contributed by atoms with Crippen molar-refractivity contribution in [1.82, 2.24) is 0 Å². The quantitative estimate of drug-likeness (QED) is 0.223. The second-order valence-corrected chi connectivity index (χ2v) is 9.56. The van der Waals surface area contributed by atoms with Crippen LogP contribution in [0.3, 0.4) is 0 Å². The molecule has 6 rings (SSSR count). The number of Topliss-reactive ketones (excluding diaryl/α,β-unsaturated/α-hetero) is 1. The summed E-state index contributed by atoms with van der Waals surface area (Å²) >= 11 is 6.11. The highest BCUT2D eigenvalue weighted by atomic mass is 35.5. The van der Waals surface area contributed by atoms with Crippen molar-refractivity contribution in [2.75, 3.05) is 11.5 Å². The zero-order valence-electron chi connectivity index (χ0n) is 20.7. The number of furan rings is 1. The number of ether oxygens (including phenoxy) is 1. The fourth-order valence-corrected chi connectivity index (χ4v) is 5.23. The van der Waals surface area contributed by atoms with E-state index in [1.54, 1.807) is 43.3 Å². The highest BCUT2D eigenvalue weighted by Gasteiger charge is 2.46. The summed E-state index contributed by atoms with van der Waals surface area (Å²) in [6, 6.07) is 23.1. The number of phenolic OH excluding ortho intramolecular Hbond substituents is 1. The average Bonchev–Trinajstić information content (AvgIpc) is 3.47. The second kappa shape index (κ2) is 9.53. The SMILES string of the molecule is CCOc1cc(C2C(C(=O)c3cc4cc(Cl)ccc4o3)=C(O)C(=O)N2c2cccc3ccccc23)ccc1O. The van der Waals surface area contributed by atoms with Crippen LogP contribution in [0.2, 0.25) is 5.02 Å². The first-order valence-corrected chi connectivity index (χ1v) is 12.7. The number of benzene rings is 4. The molecule has 1 aliphatic heterocycles. The Morgan fingerprint density at radius 2 is 1.77 bits per heavy atom. The van der Waals surface area contributed by atoms with Gasteiger partial charge in [-0.05, 0) is 60.3 Å². The van der Waals surface area contributed by atoms with Gasteiger partial charge in [-0.15, -0.1) is 0 Å². The first-order chi connectivity index (χ1) is 18.9. The third-order valence-electron chi connectivity index (χ3n) is 6.78. The minimum absolute atomic E-state index is 0.0461. The maximum Gasteiger partial charge on any atom is 0.294 e. The number of rotatable bonds is 6. The maximum atomic E-state index is 14.0. The number of hydrogen-bond acceptors (Lipinski definition) is 6. The molecular formula is C31H22ClNO6. The van der Waals surface area contributed by atoms with Gasteiger partial charge in [-0.25, -0.2) is 0 Å². The van der Waals surface area contributed by atoms with E-state index in [1.165, 1.54) is 17.0 Å². The molecule has 1 unspecified atom stereocenters. The van der Waals surface area contributed by atoms with E-state index in [2.05, 4.69) is 0 Å². The molecule has 1 atom stereocenters. The molecule has 0 spiro atoms. The number of halogens is 1. The molecule has 4 aromatic carbocycles. The molecule has 0 saturated heterocycles. The largest absolute Gasteiger partial charge is 0.504 e. The van der Waals surface area contributed by atoms with Crippen LogP contribution in [0.1, 0.15) is 29.1 Å². The third kappa shape index (κ3) is 4.08. The van der Waals surface area contributed by atoms with Gasteiger partial charge in [0.15, 0.2) is 23.0 Å². The summed E-state index contributed by atoms with van der Waals surface area (Å²) in [7, 11) is 0. The van der Waals surface area contributed by atoms with Crippen LogP contribution < -0.4 is 9.64 Å². The molecule has 0 aliphatic carbocycles. The fraction of sp³-hybridized carbons (Fsp3) is 0.0968. The molecule has 8 heteroatoms. The van der Waals surface area contributed by atoms with Crippen molar-refractivity contribution in [3.63, 3.8) is 0 Å². The summed E-state index contributed by atoms with van der Waals surface area (Å²) in [6.45, 7) is 2.07. The molecule has 1 aromatic heterocycles. The van der Waals surface area contributed by atoms with E-state index in [4.69, 9.17) is 20.8 Å². The van der Waals surface area contributed by atoms with E-state index in [-0.39, 0.29) is 22.8 Å². The normalized spacial score (nSPS) is 15.5. The summed E-state index contributed by atoms with van der Waals surface area (Å²) in [5, 5.41) is 24.3. The van der Waals surface area contributed by atoms with E-state index < -0.39 is 23.5 Å². The van der Waals surface area contributed by atoms with Crippen LogP contribution in [0.25, 0.3) is 21.7 Å². The van der Waals surface area contributed by atoms with E-state index in [0.29, 0.717) is 33.8 Å². The Kier molecular flexibility index (Phi) is 6.00. The van der Waals surface area contributed by atoms with Crippen LogP contribution in [-0.4, -0.2) is 28.5 Å². The number of anilines is 1. The van der Waals surface area contributed by atoms with Crippen LogP contribution in [0, 0.1) is 0 Å². The number of hydrogen-bond donors (Lipinski definition) is 2. The molecule has 194 valence electrons. The maximum absolute atomic E-state index is 14.0. The lowest BCUT2D eigenvalue weighted by atomic mass is 9.94. The van der Waals surface area contributed by atoms with Gasteiger partial charge in [-0.1, -0.05) is 54.1 Å². The fourth-order valence-electron chi connectivity index (χ4n) is 5.05. The summed E-state index contributed by atoms with van der Waals surface area (Å²) in [4.78, 5) is 29.1. The van der Waals surface area contributed by atoms with Crippen LogP contribution >= 0.6 is 11.6 Å². The topological polar surface area (TPSA) is 100 Å². The van der Waals surface area contributed by atoms with E-state index in [9.17, 15) is 19.8 Å². The van der Waals surface area contributed by atoms with Gasteiger partial charge in [0.1, 0.15) is 5.58 Å². The van der Waals surface area contributed by atoms with Crippen LogP contribution in [0.5, 0.6) is 11.5 Å². The Labute approximate surface area is 228 Å². The molecule has 2 heterocycles. The van der Waals surface area contributed by atoms with Crippen molar-refractivity contribution < 1.29 is 29.0 Å². The van der Waals surface area contributed by atoms with Crippen molar-refractivity contribution in [3.05, 3.63) is 113 Å². The summed E-state index contributed by atoms with van der Waals surface area (Å²) < 4.78 is 11.4. The highest BCUT2D eigenvalue weighted by molar-refractivity contribution is 6.31. The second-order valence-electron chi connectivity index (χ2n) is 9.12. The molecule has 39 heavy (non-hydrogen) atoms. The molecule has 1 amide bonds. The van der Waals surface area contributed by atoms with Crippen molar-refractivity contribution in [2.45, 2.75) is 13.0 Å². The number of carbonyl (C=O) groups excluding carboxylic acids is 2. The predicted octanol–water partition coefficient (Wildman–Crippen LogP) is 7.13. The molecule has 2 N–H and O–H groups in total. The number of nitrogens with zero attached hydrogens (tertiary/aromatic N) is 1. The van der Waals surface area contributed by atoms with Crippen LogP contribution in [0.4, 0.5) is 5.69 Å². The minimum Gasteiger partial charge on any atom is -0.504 e. The first-order valence-electron chi connectivity index (χ1n) is 12.3. The molecule has 0 bridgehead atoms.